The van der Waals surface area contributed by atoms with Crippen molar-refractivity contribution in [1.29, 1.82) is 0 Å². The average Bonchev–Trinajstić information content (AvgIpc) is 2.76. The molecule has 0 unspecified atom stereocenters. The third kappa shape index (κ3) is 6.88. The Balaban J connectivity index is 2.33. The van der Waals surface area contributed by atoms with Crippen molar-refractivity contribution in [3.63, 3.8) is 0 Å². The van der Waals surface area contributed by atoms with Crippen LogP contribution in [0.3, 0.4) is 0 Å². The van der Waals surface area contributed by atoms with Gasteiger partial charge in [-0.05, 0) is 29.7 Å². The first-order valence-corrected chi connectivity index (χ1v) is 10.3. The van der Waals surface area contributed by atoms with E-state index in [1.165, 1.54) is 0 Å². The normalized spacial score (nSPS) is 11.8. The van der Waals surface area contributed by atoms with Crippen molar-refractivity contribution in [3.05, 3.63) is 65.7 Å². The predicted molar refractivity (Wildman–Crippen MR) is 117 cm³/mol. The highest BCUT2D eigenvalue weighted by Gasteiger charge is 2.31. The minimum absolute atomic E-state index is 0.00409. The first-order valence-electron chi connectivity index (χ1n) is 10.3. The minimum atomic E-state index is -0.650. The molecule has 0 spiro atoms. The highest BCUT2D eigenvalue weighted by molar-refractivity contribution is 5.88. The molecule has 0 aliphatic heterocycles. The summed E-state index contributed by atoms with van der Waals surface area (Å²) in [6.07, 6.45) is 0.890. The lowest BCUT2D eigenvalue weighted by molar-refractivity contribution is -0.143. The van der Waals surface area contributed by atoms with E-state index in [4.69, 9.17) is 9.84 Å². The minimum Gasteiger partial charge on any atom is -0.497 e. The number of carbonyl (C=O) groups is 2. The summed E-state index contributed by atoms with van der Waals surface area (Å²) in [5.74, 6) is 0.203. The van der Waals surface area contributed by atoms with Gasteiger partial charge in [-0.2, -0.15) is 0 Å². The molecule has 30 heavy (non-hydrogen) atoms. The summed E-state index contributed by atoms with van der Waals surface area (Å²) >= 11 is 0. The van der Waals surface area contributed by atoms with Crippen molar-refractivity contribution in [2.45, 2.75) is 39.3 Å². The summed E-state index contributed by atoms with van der Waals surface area (Å²) in [5, 5.41) is 11.9. The van der Waals surface area contributed by atoms with Gasteiger partial charge in [-0.15, -0.1) is 0 Å². The monoisotopic (exact) mass is 412 g/mol. The molecule has 1 atom stereocenters. The molecule has 0 aromatic heterocycles. The van der Waals surface area contributed by atoms with Crippen molar-refractivity contribution in [2.24, 2.45) is 5.92 Å². The number of aliphatic hydroxyl groups is 1. The van der Waals surface area contributed by atoms with Crippen LogP contribution in [-0.4, -0.2) is 48.1 Å². The molecule has 0 aliphatic rings. The van der Waals surface area contributed by atoms with Crippen LogP contribution in [0.5, 0.6) is 5.75 Å². The zero-order chi connectivity index (χ0) is 21.9. The van der Waals surface area contributed by atoms with Gasteiger partial charge in [-0.1, -0.05) is 56.3 Å². The van der Waals surface area contributed by atoms with Crippen LogP contribution in [0.2, 0.25) is 0 Å². The Kier molecular flexibility index (Phi) is 9.35. The van der Waals surface area contributed by atoms with Crippen molar-refractivity contribution < 1.29 is 19.4 Å². The Morgan fingerprint density at radius 2 is 1.70 bits per heavy atom. The maximum Gasteiger partial charge on any atom is 0.243 e. The van der Waals surface area contributed by atoms with Gasteiger partial charge in [0.25, 0.3) is 0 Å². The van der Waals surface area contributed by atoms with Gasteiger partial charge in [0.2, 0.25) is 11.8 Å². The SMILES string of the molecule is COc1ccc(CN(C(=O)C(C)C)[C@@H](Cc2ccccc2)C(=O)NCCCO)cc1. The number of carbonyl (C=O) groups excluding carboxylic acids is 2. The number of methoxy groups -OCH3 is 1. The lowest BCUT2D eigenvalue weighted by atomic mass is 10.0. The van der Waals surface area contributed by atoms with E-state index in [1.807, 2.05) is 68.4 Å². The fourth-order valence-corrected chi connectivity index (χ4v) is 3.19. The first kappa shape index (κ1) is 23.4. The highest BCUT2D eigenvalue weighted by Crippen LogP contribution is 2.19. The van der Waals surface area contributed by atoms with E-state index in [1.54, 1.807) is 12.0 Å². The Morgan fingerprint density at radius 3 is 2.27 bits per heavy atom. The second-order valence-corrected chi connectivity index (χ2v) is 7.54. The number of amides is 2. The van der Waals surface area contributed by atoms with Crippen LogP contribution in [-0.2, 0) is 22.6 Å². The maximum atomic E-state index is 13.1. The molecule has 2 amide bonds. The Labute approximate surface area is 178 Å². The number of hydrogen-bond donors (Lipinski definition) is 2. The van der Waals surface area contributed by atoms with Crippen LogP contribution in [0.1, 0.15) is 31.4 Å². The third-order valence-corrected chi connectivity index (χ3v) is 4.87. The van der Waals surface area contributed by atoms with Crippen molar-refractivity contribution in [3.8, 4) is 5.75 Å². The topological polar surface area (TPSA) is 78.9 Å². The number of nitrogens with zero attached hydrogens (tertiary/aromatic N) is 1. The van der Waals surface area contributed by atoms with E-state index in [2.05, 4.69) is 5.32 Å². The lowest BCUT2D eigenvalue weighted by Crippen LogP contribution is -2.51. The second kappa shape index (κ2) is 12.0. The van der Waals surface area contributed by atoms with Crippen LogP contribution in [0.4, 0.5) is 0 Å². The van der Waals surface area contributed by atoms with Gasteiger partial charge in [0.15, 0.2) is 0 Å². The molecule has 0 fully saturated rings. The molecule has 2 aromatic rings. The van der Waals surface area contributed by atoms with Crippen LogP contribution in [0.25, 0.3) is 0 Å². The third-order valence-electron chi connectivity index (χ3n) is 4.87. The van der Waals surface area contributed by atoms with Crippen LogP contribution >= 0.6 is 0 Å². The van der Waals surface area contributed by atoms with Crippen molar-refractivity contribution in [1.82, 2.24) is 10.2 Å². The lowest BCUT2D eigenvalue weighted by Gasteiger charge is -2.33. The summed E-state index contributed by atoms with van der Waals surface area (Å²) in [6, 6.07) is 16.5. The predicted octanol–water partition coefficient (Wildman–Crippen LogP) is 2.79. The Morgan fingerprint density at radius 1 is 1.03 bits per heavy atom. The standard InChI is InChI=1S/C24H32N2O4/c1-18(2)24(29)26(17-20-10-12-21(30-3)13-11-20)22(23(28)25-14-7-15-27)16-19-8-5-4-6-9-19/h4-6,8-13,18,22,27H,7,14-17H2,1-3H3,(H,25,28)/t22-/m0/s1. The number of hydrogen-bond acceptors (Lipinski definition) is 4. The van der Waals surface area contributed by atoms with E-state index in [9.17, 15) is 9.59 Å². The maximum absolute atomic E-state index is 13.1. The molecule has 0 saturated heterocycles. The molecule has 2 aromatic carbocycles. The fourth-order valence-electron chi connectivity index (χ4n) is 3.19. The van der Waals surface area contributed by atoms with Gasteiger partial charge < -0.3 is 20.1 Å². The highest BCUT2D eigenvalue weighted by atomic mass is 16.5. The summed E-state index contributed by atoms with van der Waals surface area (Å²) in [5.41, 5.74) is 1.90. The van der Waals surface area contributed by atoms with E-state index in [0.29, 0.717) is 25.9 Å². The van der Waals surface area contributed by atoms with E-state index >= 15 is 0 Å². The van der Waals surface area contributed by atoms with Gasteiger partial charge in [-0.25, -0.2) is 0 Å². The molecule has 2 N–H and O–H groups in total. The number of rotatable bonds is 11. The fraction of sp³-hybridized carbons (Fsp3) is 0.417. The molecule has 0 heterocycles. The summed E-state index contributed by atoms with van der Waals surface area (Å²) in [4.78, 5) is 27.9. The number of benzene rings is 2. The van der Waals surface area contributed by atoms with E-state index in [-0.39, 0.29) is 24.3 Å². The first-order chi connectivity index (χ1) is 14.5. The van der Waals surface area contributed by atoms with Crippen LogP contribution in [0, 0.1) is 5.92 Å². The van der Waals surface area contributed by atoms with Gasteiger partial charge in [0.05, 0.1) is 7.11 Å². The molecule has 162 valence electrons. The van der Waals surface area contributed by atoms with Crippen molar-refractivity contribution in [2.75, 3.05) is 20.3 Å². The zero-order valence-corrected chi connectivity index (χ0v) is 18.0. The molecule has 6 heteroatoms. The molecule has 0 aliphatic carbocycles. The summed E-state index contributed by atoms with van der Waals surface area (Å²) in [6.45, 7) is 4.38. The smallest absolute Gasteiger partial charge is 0.243 e. The molecule has 0 saturated carbocycles. The molecular weight excluding hydrogens is 380 g/mol. The number of nitrogens with one attached hydrogen (secondary N) is 1. The van der Waals surface area contributed by atoms with E-state index < -0.39 is 6.04 Å². The quantitative estimate of drug-likeness (QED) is 0.556. The van der Waals surface area contributed by atoms with E-state index in [0.717, 1.165) is 16.9 Å². The summed E-state index contributed by atoms with van der Waals surface area (Å²) in [7, 11) is 1.61. The largest absolute Gasteiger partial charge is 0.497 e. The Bertz CT molecular complexity index is 791. The van der Waals surface area contributed by atoms with Crippen LogP contribution in [0.15, 0.2) is 54.6 Å². The molecular formula is C24H32N2O4. The van der Waals surface area contributed by atoms with Gasteiger partial charge in [0, 0.05) is 32.0 Å². The van der Waals surface area contributed by atoms with Crippen molar-refractivity contribution >= 4 is 11.8 Å². The van der Waals surface area contributed by atoms with Crippen LogP contribution < -0.4 is 10.1 Å². The molecule has 0 radical (unpaired) electrons. The van der Waals surface area contributed by atoms with Gasteiger partial charge in [0.1, 0.15) is 11.8 Å². The molecule has 0 bridgehead atoms. The summed E-state index contributed by atoms with van der Waals surface area (Å²) < 4.78 is 5.21. The molecule has 6 nitrogen and oxygen atoms in total. The number of aliphatic hydroxyl groups excluding tert-OH is 1. The van der Waals surface area contributed by atoms with Gasteiger partial charge in [-0.3, -0.25) is 9.59 Å². The second-order valence-electron chi connectivity index (χ2n) is 7.54. The Hall–Kier alpha value is -2.86. The zero-order valence-electron chi connectivity index (χ0n) is 18.0. The molecule has 2 rings (SSSR count). The van der Waals surface area contributed by atoms with Gasteiger partial charge >= 0.3 is 0 Å². The average molecular weight is 413 g/mol. The number of ether oxygens (including phenoxy) is 1.